The van der Waals surface area contributed by atoms with Crippen LogP contribution in [0.25, 0.3) is 5.70 Å². The Hall–Kier alpha value is -3.06. The van der Waals surface area contributed by atoms with Gasteiger partial charge in [-0.15, -0.1) is 11.8 Å². The Kier molecular flexibility index (Phi) is 5.62. The van der Waals surface area contributed by atoms with E-state index in [2.05, 4.69) is 0 Å². The van der Waals surface area contributed by atoms with Crippen LogP contribution in [0.15, 0.2) is 66.2 Å². The van der Waals surface area contributed by atoms with Crippen LogP contribution in [0.3, 0.4) is 0 Å². The summed E-state index contributed by atoms with van der Waals surface area (Å²) in [7, 11) is 2.50. The van der Waals surface area contributed by atoms with E-state index in [0.29, 0.717) is 11.4 Å². The van der Waals surface area contributed by atoms with Gasteiger partial charge in [-0.25, -0.2) is 4.79 Å². The quantitative estimate of drug-likeness (QED) is 0.524. The Morgan fingerprint density at radius 3 is 2.13 bits per heavy atom. The highest BCUT2D eigenvalue weighted by molar-refractivity contribution is 7.99. The van der Waals surface area contributed by atoms with Gasteiger partial charge in [0.2, 0.25) is 0 Å². The van der Waals surface area contributed by atoms with E-state index in [9.17, 15) is 14.4 Å². The van der Waals surface area contributed by atoms with Gasteiger partial charge in [0, 0.05) is 5.75 Å². The summed E-state index contributed by atoms with van der Waals surface area (Å²) in [5.41, 5.74) is 0.590. The van der Waals surface area contributed by atoms with E-state index in [1.807, 2.05) is 65.6 Å². The average Bonchev–Trinajstić information content (AvgIpc) is 3.36. The van der Waals surface area contributed by atoms with E-state index in [1.54, 1.807) is 11.8 Å². The lowest BCUT2D eigenvalue weighted by molar-refractivity contribution is -0.159. The minimum Gasteiger partial charge on any atom is -0.468 e. The standard InChI is InChI=1S/C24H23NO5S/c1-15(26)24(23(28)30-3)18-14-31-21(17-12-8-5-9-13-17)25(18)20(19(24)22(27)29-2)16-10-6-4-7-11-16/h4-13,18,21H,14H2,1-3H3/t18?,21-,24+/m1/s1. The van der Waals surface area contributed by atoms with Gasteiger partial charge in [0.1, 0.15) is 5.37 Å². The van der Waals surface area contributed by atoms with Crippen LogP contribution in [0.2, 0.25) is 0 Å². The maximum absolute atomic E-state index is 13.3. The van der Waals surface area contributed by atoms with Crippen LogP contribution in [0, 0.1) is 5.41 Å². The van der Waals surface area contributed by atoms with Crippen molar-refractivity contribution in [1.82, 2.24) is 4.90 Å². The second-order valence-electron chi connectivity index (χ2n) is 7.46. The molecule has 2 aliphatic rings. The van der Waals surface area contributed by atoms with Crippen LogP contribution in [0.1, 0.15) is 23.4 Å². The van der Waals surface area contributed by atoms with Crippen molar-refractivity contribution >= 4 is 35.2 Å². The van der Waals surface area contributed by atoms with Gasteiger partial charge in [0.25, 0.3) is 0 Å². The highest BCUT2D eigenvalue weighted by Gasteiger charge is 2.67. The monoisotopic (exact) mass is 437 g/mol. The van der Waals surface area contributed by atoms with Crippen LogP contribution in [0.4, 0.5) is 0 Å². The van der Waals surface area contributed by atoms with Gasteiger partial charge in [-0.3, -0.25) is 9.59 Å². The third-order valence-corrected chi connectivity index (χ3v) is 7.30. The molecule has 0 aromatic heterocycles. The lowest BCUT2D eigenvalue weighted by atomic mass is 9.72. The lowest BCUT2D eigenvalue weighted by Crippen LogP contribution is -2.52. The number of thioether (sulfide) groups is 1. The summed E-state index contributed by atoms with van der Waals surface area (Å²) in [6.45, 7) is 1.34. The molecule has 2 aromatic rings. The summed E-state index contributed by atoms with van der Waals surface area (Å²) in [5, 5.41) is -0.174. The van der Waals surface area contributed by atoms with Crippen molar-refractivity contribution in [1.29, 1.82) is 0 Å². The molecule has 3 atom stereocenters. The summed E-state index contributed by atoms with van der Waals surface area (Å²) >= 11 is 1.63. The van der Waals surface area contributed by atoms with Crippen molar-refractivity contribution in [3.05, 3.63) is 77.4 Å². The normalized spacial score (nSPS) is 24.7. The number of hydrogen-bond acceptors (Lipinski definition) is 7. The minimum absolute atomic E-state index is 0.0479. The van der Waals surface area contributed by atoms with E-state index in [0.717, 1.165) is 11.1 Å². The number of Topliss-reactive ketones (excluding diaryl/α,β-unsaturated/α-hetero) is 1. The molecule has 0 bridgehead atoms. The predicted octanol–water partition coefficient (Wildman–Crippen LogP) is 3.45. The fraction of sp³-hybridized carbons (Fsp3) is 0.292. The number of carbonyl (C=O) groups is 3. The van der Waals surface area contributed by atoms with Gasteiger partial charge >= 0.3 is 11.9 Å². The van der Waals surface area contributed by atoms with Gasteiger partial charge in [0.05, 0.1) is 31.5 Å². The summed E-state index contributed by atoms with van der Waals surface area (Å²) < 4.78 is 10.2. The maximum atomic E-state index is 13.3. The van der Waals surface area contributed by atoms with Crippen LogP contribution >= 0.6 is 11.8 Å². The third-order valence-electron chi connectivity index (χ3n) is 5.97. The number of ether oxygens (including phenoxy) is 2. The van der Waals surface area contributed by atoms with Gasteiger partial charge in [-0.2, -0.15) is 0 Å². The van der Waals surface area contributed by atoms with E-state index in [4.69, 9.17) is 9.47 Å². The SMILES string of the molecule is COC(=O)C1=C(c2ccccc2)N2C(CS[C@@H]2c2ccccc2)[C@]1(C(C)=O)C(=O)OC. The first-order chi connectivity index (χ1) is 15.0. The summed E-state index contributed by atoms with van der Waals surface area (Å²) in [4.78, 5) is 41.6. The van der Waals surface area contributed by atoms with Gasteiger partial charge in [-0.05, 0) is 18.1 Å². The number of nitrogens with zero attached hydrogens (tertiary/aromatic N) is 1. The number of methoxy groups -OCH3 is 2. The zero-order valence-corrected chi connectivity index (χ0v) is 18.3. The van der Waals surface area contributed by atoms with Crippen molar-refractivity contribution in [3.63, 3.8) is 0 Å². The third kappa shape index (κ3) is 3.07. The molecule has 1 unspecified atom stereocenters. The molecule has 1 saturated heterocycles. The fourth-order valence-electron chi connectivity index (χ4n) is 4.67. The van der Waals surface area contributed by atoms with E-state index in [1.165, 1.54) is 21.1 Å². The molecular weight excluding hydrogens is 414 g/mol. The zero-order chi connectivity index (χ0) is 22.2. The number of benzene rings is 2. The molecule has 4 rings (SSSR count). The largest absolute Gasteiger partial charge is 0.468 e. The first-order valence-electron chi connectivity index (χ1n) is 9.91. The summed E-state index contributed by atoms with van der Waals surface area (Å²) in [6.07, 6.45) is 0. The number of carbonyl (C=O) groups excluding carboxylic acids is 3. The number of ketones is 1. The highest BCUT2D eigenvalue weighted by atomic mass is 32.2. The van der Waals surface area contributed by atoms with Crippen LogP contribution in [0.5, 0.6) is 0 Å². The molecule has 0 saturated carbocycles. The molecule has 1 fully saturated rings. The number of fused-ring (bicyclic) bond motifs is 1. The Morgan fingerprint density at radius 1 is 0.968 bits per heavy atom. The van der Waals surface area contributed by atoms with Crippen molar-refractivity contribution in [2.45, 2.75) is 18.3 Å². The molecule has 31 heavy (non-hydrogen) atoms. The molecule has 2 aliphatic heterocycles. The number of rotatable bonds is 5. The minimum atomic E-state index is -1.76. The molecule has 7 heteroatoms. The molecule has 0 radical (unpaired) electrons. The molecule has 2 aromatic carbocycles. The Balaban J connectivity index is 2.05. The van der Waals surface area contributed by atoms with Crippen LogP contribution < -0.4 is 0 Å². The maximum Gasteiger partial charge on any atom is 0.337 e. The number of hydrogen-bond donors (Lipinski definition) is 0. The highest BCUT2D eigenvalue weighted by Crippen LogP contribution is 2.59. The second kappa shape index (κ2) is 8.23. The average molecular weight is 438 g/mol. The van der Waals surface area contributed by atoms with Gasteiger partial charge < -0.3 is 14.4 Å². The van der Waals surface area contributed by atoms with Crippen LogP contribution in [-0.2, 0) is 23.9 Å². The van der Waals surface area contributed by atoms with Crippen molar-refractivity contribution in [2.24, 2.45) is 5.41 Å². The van der Waals surface area contributed by atoms with E-state index in [-0.39, 0.29) is 10.9 Å². The first-order valence-corrected chi connectivity index (χ1v) is 11.0. The molecule has 0 amide bonds. The zero-order valence-electron chi connectivity index (χ0n) is 17.5. The first kappa shape index (κ1) is 21.2. The van der Waals surface area contributed by atoms with E-state index >= 15 is 0 Å². The number of esters is 2. The van der Waals surface area contributed by atoms with Crippen molar-refractivity contribution < 1.29 is 23.9 Å². The Bertz CT molecular complexity index is 1050. The van der Waals surface area contributed by atoms with Crippen LogP contribution in [-0.4, -0.2) is 48.6 Å². The second-order valence-corrected chi connectivity index (χ2v) is 8.57. The predicted molar refractivity (Wildman–Crippen MR) is 118 cm³/mol. The van der Waals surface area contributed by atoms with Crippen molar-refractivity contribution in [2.75, 3.05) is 20.0 Å². The molecule has 160 valence electrons. The van der Waals surface area contributed by atoms with Gasteiger partial charge in [0.15, 0.2) is 11.2 Å². The topological polar surface area (TPSA) is 72.9 Å². The lowest BCUT2D eigenvalue weighted by Gasteiger charge is -2.34. The molecule has 0 spiro atoms. The molecule has 6 nitrogen and oxygen atoms in total. The summed E-state index contributed by atoms with van der Waals surface area (Å²) in [5.74, 6) is -1.40. The Labute approximate surface area is 185 Å². The van der Waals surface area contributed by atoms with Crippen molar-refractivity contribution in [3.8, 4) is 0 Å². The summed E-state index contributed by atoms with van der Waals surface area (Å²) in [6, 6.07) is 18.6. The molecular formula is C24H23NO5S. The van der Waals surface area contributed by atoms with Gasteiger partial charge in [-0.1, -0.05) is 60.7 Å². The molecule has 0 aliphatic carbocycles. The fourth-order valence-corrected chi connectivity index (χ4v) is 6.21. The Morgan fingerprint density at radius 2 is 1.58 bits per heavy atom. The smallest absolute Gasteiger partial charge is 0.337 e. The molecule has 2 heterocycles. The molecule has 0 N–H and O–H groups in total. The van der Waals surface area contributed by atoms with E-state index < -0.39 is 29.2 Å².